The topological polar surface area (TPSA) is 35.1 Å². The number of hydrogen-bond acceptors (Lipinski definition) is 2. The molecule has 0 unspecified atom stereocenters. The highest BCUT2D eigenvalue weighted by Crippen LogP contribution is 2.22. The second kappa shape index (κ2) is 3.05. The van der Waals surface area contributed by atoms with Crippen LogP contribution in [-0.4, -0.2) is 4.57 Å². The van der Waals surface area contributed by atoms with Gasteiger partial charge in [0, 0.05) is 12.5 Å². The molecular weight excluding hydrogens is 166 g/mol. The SMILES string of the molecule is CC(C)n1c2c(oc1=O)CCCC2. The quantitative estimate of drug-likeness (QED) is 0.663. The van der Waals surface area contributed by atoms with Crippen LogP contribution in [0.2, 0.25) is 0 Å². The Kier molecular flexibility index (Phi) is 2.02. The fraction of sp³-hybridized carbons (Fsp3) is 0.700. The Morgan fingerprint density at radius 3 is 2.69 bits per heavy atom. The fourth-order valence-corrected chi connectivity index (χ4v) is 2.01. The molecule has 72 valence electrons. The molecule has 1 aromatic heterocycles. The van der Waals surface area contributed by atoms with Gasteiger partial charge >= 0.3 is 5.76 Å². The molecule has 0 radical (unpaired) electrons. The second-order valence-electron chi connectivity index (χ2n) is 3.91. The summed E-state index contributed by atoms with van der Waals surface area (Å²) < 4.78 is 6.99. The minimum Gasteiger partial charge on any atom is -0.413 e. The summed E-state index contributed by atoms with van der Waals surface area (Å²) in [5.74, 6) is 0.742. The Balaban J connectivity index is 2.55. The lowest BCUT2D eigenvalue weighted by Crippen LogP contribution is -2.19. The van der Waals surface area contributed by atoms with E-state index >= 15 is 0 Å². The van der Waals surface area contributed by atoms with Crippen LogP contribution in [0.25, 0.3) is 0 Å². The third kappa shape index (κ3) is 1.32. The molecule has 3 heteroatoms. The van der Waals surface area contributed by atoms with Crippen LogP contribution in [0.1, 0.15) is 44.2 Å². The van der Waals surface area contributed by atoms with E-state index in [1.807, 2.05) is 13.8 Å². The van der Waals surface area contributed by atoms with Gasteiger partial charge < -0.3 is 4.42 Å². The minimum atomic E-state index is -0.179. The molecule has 1 aliphatic carbocycles. The lowest BCUT2D eigenvalue weighted by Gasteiger charge is -2.13. The number of aryl methyl sites for hydroxylation is 1. The van der Waals surface area contributed by atoms with Crippen molar-refractivity contribution in [2.45, 2.75) is 45.6 Å². The summed E-state index contributed by atoms with van der Waals surface area (Å²) in [6.07, 6.45) is 4.26. The highest BCUT2D eigenvalue weighted by Gasteiger charge is 2.20. The van der Waals surface area contributed by atoms with Crippen molar-refractivity contribution in [2.24, 2.45) is 0 Å². The van der Waals surface area contributed by atoms with Crippen molar-refractivity contribution < 1.29 is 4.42 Å². The van der Waals surface area contributed by atoms with Crippen LogP contribution in [0.15, 0.2) is 9.21 Å². The Morgan fingerprint density at radius 2 is 2.00 bits per heavy atom. The van der Waals surface area contributed by atoms with Crippen molar-refractivity contribution in [1.82, 2.24) is 4.57 Å². The smallest absolute Gasteiger partial charge is 0.413 e. The van der Waals surface area contributed by atoms with Crippen LogP contribution in [0.4, 0.5) is 0 Å². The van der Waals surface area contributed by atoms with Gasteiger partial charge in [-0.25, -0.2) is 4.79 Å². The van der Waals surface area contributed by atoms with Crippen LogP contribution in [0.3, 0.4) is 0 Å². The fourth-order valence-electron chi connectivity index (χ4n) is 2.01. The summed E-state index contributed by atoms with van der Waals surface area (Å²) in [4.78, 5) is 11.4. The molecule has 0 bridgehead atoms. The molecule has 1 aromatic rings. The molecular formula is C10H15NO2. The molecule has 0 aliphatic heterocycles. The number of nitrogens with zero attached hydrogens (tertiary/aromatic N) is 1. The third-order valence-electron chi connectivity index (χ3n) is 2.60. The van der Waals surface area contributed by atoms with Gasteiger partial charge in [-0.3, -0.25) is 4.57 Å². The van der Waals surface area contributed by atoms with Crippen LogP contribution in [0, 0.1) is 0 Å². The molecule has 1 aliphatic rings. The maximum Gasteiger partial charge on any atom is 0.419 e. The molecule has 0 saturated carbocycles. The zero-order valence-electron chi connectivity index (χ0n) is 8.17. The van der Waals surface area contributed by atoms with Gasteiger partial charge in [0.25, 0.3) is 0 Å². The van der Waals surface area contributed by atoms with Crippen molar-refractivity contribution in [2.75, 3.05) is 0 Å². The van der Waals surface area contributed by atoms with E-state index in [0.29, 0.717) is 0 Å². The summed E-state index contributed by atoms with van der Waals surface area (Å²) in [6, 6.07) is 0.220. The molecule has 0 N–H and O–H groups in total. The van der Waals surface area contributed by atoms with Gasteiger partial charge in [-0.2, -0.15) is 0 Å². The van der Waals surface area contributed by atoms with Crippen LogP contribution >= 0.6 is 0 Å². The first-order valence-electron chi connectivity index (χ1n) is 4.93. The Morgan fingerprint density at radius 1 is 1.31 bits per heavy atom. The summed E-state index contributed by atoms with van der Waals surface area (Å²) in [5.41, 5.74) is 1.13. The summed E-state index contributed by atoms with van der Waals surface area (Å²) >= 11 is 0. The average molecular weight is 181 g/mol. The number of fused-ring (bicyclic) bond motifs is 1. The van der Waals surface area contributed by atoms with Gasteiger partial charge in [-0.1, -0.05) is 0 Å². The van der Waals surface area contributed by atoms with Crippen molar-refractivity contribution in [1.29, 1.82) is 0 Å². The van der Waals surface area contributed by atoms with E-state index in [4.69, 9.17) is 4.42 Å². The zero-order chi connectivity index (χ0) is 9.42. The predicted octanol–water partition coefficient (Wildman–Crippen LogP) is 1.90. The highest BCUT2D eigenvalue weighted by atomic mass is 16.4. The molecule has 0 spiro atoms. The van der Waals surface area contributed by atoms with Crippen LogP contribution in [0.5, 0.6) is 0 Å². The summed E-state index contributed by atoms with van der Waals surface area (Å²) in [6.45, 7) is 4.04. The van der Waals surface area contributed by atoms with E-state index in [9.17, 15) is 4.79 Å². The molecule has 3 nitrogen and oxygen atoms in total. The molecule has 1 heterocycles. The minimum absolute atomic E-state index is 0.179. The first-order valence-corrected chi connectivity index (χ1v) is 4.93. The monoisotopic (exact) mass is 181 g/mol. The number of hydrogen-bond donors (Lipinski definition) is 0. The second-order valence-corrected chi connectivity index (χ2v) is 3.91. The molecule has 13 heavy (non-hydrogen) atoms. The summed E-state index contributed by atoms with van der Waals surface area (Å²) in [5, 5.41) is 0. The van der Waals surface area contributed by atoms with E-state index < -0.39 is 0 Å². The standard InChI is InChI=1S/C10H15NO2/c1-7(2)11-8-5-3-4-6-9(8)13-10(11)12/h7H,3-6H2,1-2H3. The maximum atomic E-state index is 11.4. The van der Waals surface area contributed by atoms with Gasteiger partial charge in [-0.15, -0.1) is 0 Å². The maximum absolute atomic E-state index is 11.4. The zero-order valence-corrected chi connectivity index (χ0v) is 8.17. The molecule has 0 saturated heterocycles. The van der Waals surface area contributed by atoms with Gasteiger partial charge in [-0.05, 0) is 33.1 Å². The molecule has 0 aromatic carbocycles. The molecule has 2 rings (SSSR count). The van der Waals surface area contributed by atoms with E-state index in [-0.39, 0.29) is 11.8 Å². The third-order valence-corrected chi connectivity index (χ3v) is 2.60. The summed E-state index contributed by atoms with van der Waals surface area (Å²) in [7, 11) is 0. The molecule has 0 atom stereocenters. The van der Waals surface area contributed by atoms with Crippen molar-refractivity contribution in [3.05, 3.63) is 22.0 Å². The number of oxazole rings is 1. The number of rotatable bonds is 1. The lowest BCUT2D eigenvalue weighted by atomic mass is 10.0. The van der Waals surface area contributed by atoms with Gasteiger partial charge in [0.15, 0.2) is 0 Å². The number of aromatic nitrogens is 1. The lowest BCUT2D eigenvalue weighted by molar-refractivity contribution is 0.429. The van der Waals surface area contributed by atoms with Gasteiger partial charge in [0.05, 0.1) is 5.69 Å². The Bertz CT molecular complexity index is 359. The highest BCUT2D eigenvalue weighted by molar-refractivity contribution is 5.13. The van der Waals surface area contributed by atoms with E-state index in [1.54, 1.807) is 4.57 Å². The van der Waals surface area contributed by atoms with Gasteiger partial charge in [0.2, 0.25) is 0 Å². The normalized spacial score (nSPS) is 16.2. The first-order chi connectivity index (χ1) is 6.20. The van der Waals surface area contributed by atoms with Crippen molar-refractivity contribution in [3.8, 4) is 0 Å². The molecule has 0 amide bonds. The Hall–Kier alpha value is -0.990. The van der Waals surface area contributed by atoms with Crippen molar-refractivity contribution >= 4 is 0 Å². The van der Waals surface area contributed by atoms with Crippen LogP contribution < -0.4 is 5.76 Å². The molecule has 0 fully saturated rings. The first kappa shape index (κ1) is 8.60. The Labute approximate surface area is 77.4 Å². The van der Waals surface area contributed by atoms with E-state index in [2.05, 4.69) is 0 Å². The van der Waals surface area contributed by atoms with Gasteiger partial charge in [0.1, 0.15) is 5.76 Å². The van der Waals surface area contributed by atoms with Crippen LogP contribution in [-0.2, 0) is 12.8 Å². The average Bonchev–Trinajstić information content (AvgIpc) is 2.39. The van der Waals surface area contributed by atoms with E-state index in [0.717, 1.165) is 30.7 Å². The predicted molar refractivity (Wildman–Crippen MR) is 50.0 cm³/mol. The van der Waals surface area contributed by atoms with Crippen molar-refractivity contribution in [3.63, 3.8) is 0 Å². The van der Waals surface area contributed by atoms with E-state index in [1.165, 1.54) is 6.42 Å². The largest absolute Gasteiger partial charge is 0.419 e.